The predicted octanol–water partition coefficient (Wildman–Crippen LogP) is 3.92. The van der Waals surface area contributed by atoms with Gasteiger partial charge in [-0.2, -0.15) is 0 Å². The molecule has 2 rings (SSSR count). The second kappa shape index (κ2) is 6.99. The molecule has 23 heavy (non-hydrogen) atoms. The molecular weight excluding hydrogens is 292 g/mol. The van der Waals surface area contributed by atoms with Crippen LogP contribution in [0.1, 0.15) is 51.5 Å². The van der Waals surface area contributed by atoms with E-state index in [-0.39, 0.29) is 29.3 Å². The Kier molecular flexibility index (Phi) is 5.24. The van der Waals surface area contributed by atoms with Crippen molar-refractivity contribution in [3.05, 3.63) is 47.2 Å². The maximum absolute atomic E-state index is 12.6. The molecule has 0 spiro atoms. The van der Waals surface area contributed by atoms with Crippen molar-refractivity contribution < 1.29 is 19.4 Å². The van der Waals surface area contributed by atoms with Gasteiger partial charge in [0.1, 0.15) is 5.76 Å². The Balaban J connectivity index is 2.41. The molecule has 0 heterocycles. The van der Waals surface area contributed by atoms with Crippen molar-refractivity contribution in [3.8, 4) is 0 Å². The maximum atomic E-state index is 12.6. The van der Waals surface area contributed by atoms with Crippen molar-refractivity contribution in [2.45, 2.75) is 46.0 Å². The molecule has 0 radical (unpaired) electrons. The van der Waals surface area contributed by atoms with Crippen LogP contribution < -0.4 is 0 Å². The van der Waals surface area contributed by atoms with Crippen LogP contribution in [0.3, 0.4) is 0 Å². The number of aliphatic hydroxyl groups is 1. The van der Waals surface area contributed by atoms with E-state index in [9.17, 15) is 14.7 Å². The molecule has 124 valence electrons. The van der Waals surface area contributed by atoms with Crippen molar-refractivity contribution in [2.24, 2.45) is 5.41 Å². The van der Waals surface area contributed by atoms with Crippen LogP contribution in [-0.2, 0) is 14.3 Å². The summed E-state index contributed by atoms with van der Waals surface area (Å²) in [7, 11) is 0. The predicted molar refractivity (Wildman–Crippen MR) is 88.1 cm³/mol. The molecule has 4 heteroatoms. The minimum absolute atomic E-state index is 0.0589. The Hall–Kier alpha value is -2.10. The number of esters is 1. The van der Waals surface area contributed by atoms with Crippen LogP contribution in [0, 0.1) is 5.41 Å². The van der Waals surface area contributed by atoms with E-state index >= 15 is 0 Å². The Labute approximate surface area is 137 Å². The molecule has 1 aliphatic carbocycles. The molecule has 1 aromatic rings. The Morgan fingerprint density at radius 1 is 1.26 bits per heavy atom. The average Bonchev–Trinajstić information content (AvgIpc) is 2.45. The highest BCUT2D eigenvalue weighted by Crippen LogP contribution is 2.41. The molecular formula is C19H24O4. The van der Waals surface area contributed by atoms with Crippen LogP contribution in [0.2, 0.25) is 0 Å². The molecule has 0 bridgehead atoms. The molecule has 1 aliphatic rings. The number of rotatable bonds is 5. The SMILES string of the molecule is CCOC(=O)CC(C1=C(O)CC(C)(C)CC1=O)c1ccccc1. The standard InChI is InChI=1S/C19H24O4/c1-4-23-17(22)10-14(13-8-6-5-7-9-13)18-15(20)11-19(2,3)12-16(18)21/h5-9,14,20H,4,10-12H2,1-3H3. The first-order valence-electron chi connectivity index (χ1n) is 8.00. The van der Waals surface area contributed by atoms with Gasteiger partial charge in [-0.05, 0) is 17.9 Å². The number of hydrogen-bond donors (Lipinski definition) is 1. The summed E-state index contributed by atoms with van der Waals surface area (Å²) < 4.78 is 5.04. The first kappa shape index (κ1) is 17.3. The van der Waals surface area contributed by atoms with Crippen LogP contribution in [-0.4, -0.2) is 23.5 Å². The second-order valence-electron chi connectivity index (χ2n) is 6.77. The number of ketones is 1. The number of benzene rings is 1. The van der Waals surface area contributed by atoms with Crippen molar-refractivity contribution in [1.82, 2.24) is 0 Å². The fraction of sp³-hybridized carbons (Fsp3) is 0.474. The topological polar surface area (TPSA) is 63.6 Å². The quantitative estimate of drug-likeness (QED) is 0.836. The van der Waals surface area contributed by atoms with E-state index in [1.54, 1.807) is 6.92 Å². The van der Waals surface area contributed by atoms with Crippen molar-refractivity contribution in [1.29, 1.82) is 0 Å². The third-order valence-electron chi connectivity index (χ3n) is 4.12. The fourth-order valence-electron chi connectivity index (χ4n) is 3.16. The number of aliphatic hydroxyl groups excluding tert-OH is 1. The van der Waals surface area contributed by atoms with E-state index in [1.807, 2.05) is 44.2 Å². The molecule has 4 nitrogen and oxygen atoms in total. The van der Waals surface area contributed by atoms with Gasteiger partial charge < -0.3 is 9.84 Å². The highest BCUT2D eigenvalue weighted by Gasteiger charge is 2.37. The molecule has 0 amide bonds. The summed E-state index contributed by atoms with van der Waals surface area (Å²) in [6.45, 7) is 5.97. The van der Waals surface area contributed by atoms with Gasteiger partial charge in [0.15, 0.2) is 5.78 Å². The lowest BCUT2D eigenvalue weighted by Crippen LogP contribution is -2.29. The summed E-state index contributed by atoms with van der Waals surface area (Å²) >= 11 is 0. The van der Waals surface area contributed by atoms with Gasteiger partial charge >= 0.3 is 5.97 Å². The number of carbonyl (C=O) groups is 2. The third-order valence-corrected chi connectivity index (χ3v) is 4.12. The van der Waals surface area contributed by atoms with Crippen molar-refractivity contribution in [2.75, 3.05) is 6.61 Å². The molecule has 1 N–H and O–H groups in total. The molecule has 0 fully saturated rings. The molecule has 0 saturated carbocycles. The van der Waals surface area contributed by atoms with E-state index in [1.165, 1.54) is 0 Å². The third kappa shape index (κ3) is 4.21. The van der Waals surface area contributed by atoms with Crippen LogP contribution in [0.5, 0.6) is 0 Å². The zero-order valence-corrected chi connectivity index (χ0v) is 14.0. The molecule has 1 aromatic carbocycles. The van der Waals surface area contributed by atoms with Crippen LogP contribution in [0.15, 0.2) is 41.7 Å². The van der Waals surface area contributed by atoms with Gasteiger partial charge in [0.2, 0.25) is 0 Å². The lowest BCUT2D eigenvalue weighted by Gasteiger charge is -2.32. The normalized spacial score (nSPS) is 18.7. The number of hydrogen-bond acceptors (Lipinski definition) is 4. The summed E-state index contributed by atoms with van der Waals surface area (Å²) in [6, 6.07) is 9.35. The van der Waals surface area contributed by atoms with Gasteiger partial charge in [0, 0.05) is 24.3 Å². The van der Waals surface area contributed by atoms with E-state index in [0.717, 1.165) is 5.56 Å². The molecule has 1 atom stereocenters. The number of carbonyl (C=O) groups excluding carboxylic acids is 2. The smallest absolute Gasteiger partial charge is 0.306 e. The highest BCUT2D eigenvalue weighted by molar-refractivity contribution is 5.99. The lowest BCUT2D eigenvalue weighted by atomic mass is 9.72. The second-order valence-corrected chi connectivity index (χ2v) is 6.77. The summed E-state index contributed by atoms with van der Waals surface area (Å²) in [6.07, 6.45) is 0.877. The summed E-state index contributed by atoms with van der Waals surface area (Å²) in [5.41, 5.74) is 0.953. The molecule has 0 saturated heterocycles. The summed E-state index contributed by atoms with van der Waals surface area (Å²) in [5.74, 6) is -0.806. The minimum Gasteiger partial charge on any atom is -0.512 e. The van der Waals surface area contributed by atoms with Gasteiger partial charge in [-0.3, -0.25) is 9.59 Å². The monoisotopic (exact) mass is 316 g/mol. The summed E-state index contributed by atoms with van der Waals surface area (Å²) in [4.78, 5) is 24.6. The number of allylic oxidation sites excluding steroid dienone is 2. The zero-order valence-electron chi connectivity index (χ0n) is 14.0. The molecule has 1 unspecified atom stereocenters. The zero-order chi connectivity index (χ0) is 17.0. The van der Waals surface area contributed by atoms with Gasteiger partial charge in [-0.15, -0.1) is 0 Å². The van der Waals surface area contributed by atoms with Crippen molar-refractivity contribution >= 4 is 11.8 Å². The Morgan fingerprint density at radius 2 is 1.91 bits per heavy atom. The van der Waals surface area contributed by atoms with E-state index in [2.05, 4.69) is 0 Å². The Morgan fingerprint density at radius 3 is 2.48 bits per heavy atom. The molecule has 0 aromatic heterocycles. The number of ether oxygens (including phenoxy) is 1. The summed E-state index contributed by atoms with van der Waals surface area (Å²) in [5, 5.41) is 10.5. The molecule has 0 aliphatic heterocycles. The highest BCUT2D eigenvalue weighted by atomic mass is 16.5. The van der Waals surface area contributed by atoms with Gasteiger partial charge in [-0.1, -0.05) is 44.2 Å². The van der Waals surface area contributed by atoms with E-state index in [0.29, 0.717) is 25.0 Å². The Bertz CT molecular complexity index is 614. The van der Waals surface area contributed by atoms with Gasteiger partial charge in [-0.25, -0.2) is 0 Å². The van der Waals surface area contributed by atoms with E-state index < -0.39 is 5.92 Å². The maximum Gasteiger partial charge on any atom is 0.306 e. The largest absolute Gasteiger partial charge is 0.512 e. The minimum atomic E-state index is -0.459. The fourth-order valence-corrected chi connectivity index (χ4v) is 3.16. The lowest BCUT2D eigenvalue weighted by molar-refractivity contribution is -0.143. The van der Waals surface area contributed by atoms with E-state index in [4.69, 9.17) is 4.74 Å². The van der Waals surface area contributed by atoms with Crippen molar-refractivity contribution in [3.63, 3.8) is 0 Å². The number of Topliss-reactive ketones (excluding diaryl/α,β-unsaturated/α-hetero) is 1. The van der Waals surface area contributed by atoms with Crippen LogP contribution in [0.4, 0.5) is 0 Å². The first-order valence-corrected chi connectivity index (χ1v) is 8.00. The van der Waals surface area contributed by atoms with Crippen LogP contribution in [0.25, 0.3) is 0 Å². The van der Waals surface area contributed by atoms with Gasteiger partial charge in [0.25, 0.3) is 0 Å². The van der Waals surface area contributed by atoms with Gasteiger partial charge in [0.05, 0.1) is 13.0 Å². The average molecular weight is 316 g/mol. The first-order chi connectivity index (χ1) is 10.8. The van der Waals surface area contributed by atoms with Crippen LogP contribution >= 0.6 is 0 Å².